The molecule has 0 fully saturated rings. The zero-order valence-corrected chi connectivity index (χ0v) is 35.3. The molecule has 0 saturated heterocycles. The van der Waals surface area contributed by atoms with E-state index < -0.39 is 20.0 Å². The number of rotatable bonds is 39. The monoisotopic (exact) mass is 777 g/mol. The van der Waals surface area contributed by atoms with Gasteiger partial charge in [-0.15, -0.1) is 0 Å². The van der Waals surface area contributed by atoms with Gasteiger partial charge in [-0.3, -0.25) is 13.8 Å². The van der Waals surface area contributed by atoms with Crippen molar-refractivity contribution < 1.29 is 28.4 Å². The highest BCUT2D eigenvalue weighted by Crippen LogP contribution is 2.43. The fourth-order valence-corrected chi connectivity index (χ4v) is 6.56. The van der Waals surface area contributed by atoms with Crippen molar-refractivity contribution >= 4 is 13.7 Å². The summed E-state index contributed by atoms with van der Waals surface area (Å²) in [5.41, 5.74) is 5.37. The molecule has 8 nitrogen and oxygen atoms in total. The number of amides is 1. The van der Waals surface area contributed by atoms with Crippen molar-refractivity contribution in [3.05, 3.63) is 72.9 Å². The van der Waals surface area contributed by atoms with Crippen molar-refractivity contribution in [1.82, 2.24) is 5.32 Å². The quantitative estimate of drug-likeness (QED) is 0.0278. The lowest BCUT2D eigenvalue weighted by atomic mass is 10.0. The summed E-state index contributed by atoms with van der Waals surface area (Å²) >= 11 is 0. The number of allylic oxidation sites excluding steroid dienone is 11. The summed E-state index contributed by atoms with van der Waals surface area (Å²) in [7, 11) is -4.35. The van der Waals surface area contributed by atoms with E-state index in [0.717, 1.165) is 89.9 Å². The third-order valence-electron chi connectivity index (χ3n) is 9.04. The van der Waals surface area contributed by atoms with Crippen LogP contribution in [0.3, 0.4) is 0 Å². The Morgan fingerprint density at radius 1 is 0.630 bits per heavy atom. The number of nitrogens with one attached hydrogen (secondary N) is 1. The number of carbonyl (C=O) groups excluding carboxylic acids is 1. The lowest BCUT2D eigenvalue weighted by molar-refractivity contribution is -0.123. The third kappa shape index (κ3) is 38.2. The van der Waals surface area contributed by atoms with Gasteiger partial charge in [0, 0.05) is 13.0 Å². The number of aliphatic hydroxyl groups excluding tert-OH is 1. The third-order valence-corrected chi connectivity index (χ3v) is 10.0. The second kappa shape index (κ2) is 40.6. The molecule has 312 valence electrons. The lowest BCUT2D eigenvalue weighted by Gasteiger charge is -2.23. The Labute approximate surface area is 331 Å². The number of phosphoric ester groups is 1. The Balaban J connectivity index is 4.27. The highest BCUT2D eigenvalue weighted by Gasteiger charge is 2.26. The van der Waals surface area contributed by atoms with Gasteiger partial charge in [-0.25, -0.2) is 4.57 Å². The van der Waals surface area contributed by atoms with Crippen molar-refractivity contribution in [3.63, 3.8) is 0 Å². The maximum Gasteiger partial charge on any atom is 0.472 e. The molecule has 3 atom stereocenters. The average molecular weight is 777 g/mol. The van der Waals surface area contributed by atoms with Gasteiger partial charge in [-0.1, -0.05) is 177 Å². The molecule has 3 unspecified atom stereocenters. The van der Waals surface area contributed by atoms with Crippen LogP contribution in [0.5, 0.6) is 0 Å². The fourth-order valence-electron chi connectivity index (χ4n) is 5.80. The number of carbonyl (C=O) groups is 1. The van der Waals surface area contributed by atoms with Gasteiger partial charge in [0.25, 0.3) is 0 Å². The molecule has 0 saturated carbocycles. The maximum absolute atomic E-state index is 12.8. The van der Waals surface area contributed by atoms with Crippen molar-refractivity contribution in [2.45, 2.75) is 187 Å². The molecular formula is C45H81N2O6P. The van der Waals surface area contributed by atoms with Gasteiger partial charge < -0.3 is 21.1 Å². The minimum Gasteiger partial charge on any atom is -0.387 e. The van der Waals surface area contributed by atoms with Crippen LogP contribution in [-0.4, -0.2) is 47.8 Å². The molecule has 0 radical (unpaired) electrons. The van der Waals surface area contributed by atoms with E-state index >= 15 is 0 Å². The topological polar surface area (TPSA) is 131 Å². The summed E-state index contributed by atoms with van der Waals surface area (Å²) in [6.45, 7) is 3.99. The van der Waals surface area contributed by atoms with Gasteiger partial charge in [-0.05, 0) is 64.2 Å². The number of hydrogen-bond donors (Lipinski definition) is 4. The van der Waals surface area contributed by atoms with E-state index in [1.165, 1.54) is 64.2 Å². The zero-order chi connectivity index (χ0) is 39.6. The van der Waals surface area contributed by atoms with E-state index in [4.69, 9.17) is 14.8 Å². The van der Waals surface area contributed by atoms with Crippen LogP contribution in [0.1, 0.15) is 174 Å². The smallest absolute Gasteiger partial charge is 0.387 e. The predicted molar refractivity (Wildman–Crippen MR) is 230 cm³/mol. The van der Waals surface area contributed by atoms with Crippen LogP contribution < -0.4 is 11.1 Å². The van der Waals surface area contributed by atoms with Crippen molar-refractivity contribution in [3.8, 4) is 0 Å². The van der Waals surface area contributed by atoms with Gasteiger partial charge >= 0.3 is 7.82 Å². The van der Waals surface area contributed by atoms with Crippen LogP contribution in [0, 0.1) is 0 Å². The van der Waals surface area contributed by atoms with E-state index in [2.05, 4.69) is 79.9 Å². The highest BCUT2D eigenvalue weighted by molar-refractivity contribution is 7.47. The second-order valence-corrected chi connectivity index (χ2v) is 15.6. The van der Waals surface area contributed by atoms with Crippen molar-refractivity contribution in [2.24, 2.45) is 5.73 Å². The molecule has 54 heavy (non-hydrogen) atoms. The Kier molecular flexibility index (Phi) is 39.0. The van der Waals surface area contributed by atoms with Crippen LogP contribution in [0.4, 0.5) is 0 Å². The number of unbranched alkanes of at least 4 members (excludes halogenated alkanes) is 17. The molecule has 0 spiro atoms. The predicted octanol–water partition coefficient (Wildman–Crippen LogP) is 12.1. The molecule has 0 aliphatic rings. The largest absolute Gasteiger partial charge is 0.472 e. The molecule has 0 bridgehead atoms. The van der Waals surface area contributed by atoms with E-state index in [9.17, 15) is 19.4 Å². The summed E-state index contributed by atoms with van der Waals surface area (Å²) in [6.07, 6.45) is 52.3. The average Bonchev–Trinajstić information content (AvgIpc) is 3.16. The molecular weight excluding hydrogens is 695 g/mol. The van der Waals surface area contributed by atoms with Gasteiger partial charge in [-0.2, -0.15) is 0 Å². The first kappa shape index (κ1) is 51.9. The maximum atomic E-state index is 12.8. The molecule has 0 aromatic heterocycles. The SMILES string of the molecule is CC/C=C\C/C=C\C/C=C\C/C=C\C/C=C\CCCCCCCC(=O)NC(COP(=O)(O)OCCN)C(O)/C=C/CCCCCCCCCCCCCC. The lowest BCUT2D eigenvalue weighted by Crippen LogP contribution is -2.45. The molecule has 0 heterocycles. The van der Waals surface area contributed by atoms with E-state index in [1.54, 1.807) is 6.08 Å². The Morgan fingerprint density at radius 2 is 1.07 bits per heavy atom. The highest BCUT2D eigenvalue weighted by atomic mass is 31.2. The van der Waals surface area contributed by atoms with Crippen molar-refractivity contribution in [1.29, 1.82) is 0 Å². The summed E-state index contributed by atoms with van der Waals surface area (Å²) in [6, 6.07) is -0.874. The summed E-state index contributed by atoms with van der Waals surface area (Å²) in [5, 5.41) is 13.6. The molecule has 0 aromatic rings. The first-order chi connectivity index (χ1) is 26.4. The normalized spacial score (nSPS) is 14.8. The van der Waals surface area contributed by atoms with E-state index in [0.29, 0.717) is 6.42 Å². The molecule has 9 heteroatoms. The molecule has 0 aromatic carbocycles. The van der Waals surface area contributed by atoms with E-state index in [1.807, 2.05) is 6.08 Å². The summed E-state index contributed by atoms with van der Waals surface area (Å²) < 4.78 is 22.1. The van der Waals surface area contributed by atoms with E-state index in [-0.39, 0.29) is 25.7 Å². The molecule has 0 rings (SSSR count). The van der Waals surface area contributed by atoms with Gasteiger partial charge in [0.15, 0.2) is 0 Å². The van der Waals surface area contributed by atoms with Gasteiger partial charge in [0.05, 0.1) is 25.4 Å². The van der Waals surface area contributed by atoms with Crippen LogP contribution >= 0.6 is 7.82 Å². The minimum atomic E-state index is -4.35. The molecule has 1 amide bonds. The van der Waals surface area contributed by atoms with Crippen LogP contribution in [0.25, 0.3) is 0 Å². The molecule has 0 aliphatic carbocycles. The van der Waals surface area contributed by atoms with Crippen LogP contribution in [-0.2, 0) is 18.4 Å². The van der Waals surface area contributed by atoms with Gasteiger partial charge in [0.2, 0.25) is 5.91 Å². The Morgan fingerprint density at radius 3 is 1.57 bits per heavy atom. The first-order valence-electron chi connectivity index (χ1n) is 21.6. The Hall–Kier alpha value is -2.06. The zero-order valence-electron chi connectivity index (χ0n) is 34.4. The standard InChI is InChI=1S/C45H81N2O6P/c1-3-5-7-9-11-13-15-17-19-20-21-22-23-24-25-27-29-31-33-35-37-39-45(49)47-43(42-53-54(50,51)52-41-40-46)44(48)38-36-34-32-30-28-26-18-16-14-12-10-8-6-4-2/h5,7,11,13,17,19,21-22,24-25,36,38,43-44,48H,3-4,6,8-10,12,14-16,18,20,23,26-35,37,39-42,46H2,1-2H3,(H,47,49)(H,50,51)/b7-5-,13-11-,19-17-,22-21-,25-24-,38-36+. The first-order valence-corrected chi connectivity index (χ1v) is 23.1. The number of aliphatic hydroxyl groups is 1. The number of nitrogens with two attached hydrogens (primary N) is 1. The summed E-state index contributed by atoms with van der Waals surface area (Å²) in [5.74, 6) is -0.216. The van der Waals surface area contributed by atoms with Crippen molar-refractivity contribution in [2.75, 3.05) is 19.8 Å². The Bertz CT molecular complexity index is 1070. The minimum absolute atomic E-state index is 0.0714. The van der Waals surface area contributed by atoms with Crippen LogP contribution in [0.15, 0.2) is 72.9 Å². The summed E-state index contributed by atoms with van der Waals surface area (Å²) in [4.78, 5) is 22.7. The second-order valence-electron chi connectivity index (χ2n) is 14.2. The van der Waals surface area contributed by atoms with Gasteiger partial charge in [0.1, 0.15) is 0 Å². The molecule has 0 aliphatic heterocycles. The number of hydrogen-bond acceptors (Lipinski definition) is 6. The number of phosphoric acid groups is 1. The van der Waals surface area contributed by atoms with Crippen LogP contribution in [0.2, 0.25) is 0 Å². The fraction of sp³-hybridized carbons (Fsp3) is 0.711. The molecule has 5 N–H and O–H groups in total.